The number of rotatable bonds is 5. The van der Waals surface area contributed by atoms with Gasteiger partial charge in [-0.15, -0.1) is 11.3 Å². The van der Waals surface area contributed by atoms with Crippen LogP contribution in [0.3, 0.4) is 0 Å². The number of carbonyl (C=O) groups is 1. The van der Waals surface area contributed by atoms with E-state index in [9.17, 15) is 14.4 Å². The van der Waals surface area contributed by atoms with Gasteiger partial charge in [0.1, 0.15) is 53.1 Å². The van der Waals surface area contributed by atoms with Gasteiger partial charge in [0.15, 0.2) is 5.82 Å². The molecule has 3 fully saturated rings. The van der Waals surface area contributed by atoms with E-state index < -0.39 is 17.2 Å². The van der Waals surface area contributed by atoms with Crippen molar-refractivity contribution in [2.45, 2.75) is 24.5 Å². The number of nitrogens with zero attached hydrogens (tertiary/aromatic N) is 9. The first kappa shape index (κ1) is 31.6. The van der Waals surface area contributed by atoms with Gasteiger partial charge in [-0.25, -0.2) is 18.6 Å². The summed E-state index contributed by atoms with van der Waals surface area (Å²) >= 11 is 7.78. The second-order valence-corrected chi connectivity index (χ2v) is 14.0. The number of morpholine rings is 1. The number of halogens is 3. The van der Waals surface area contributed by atoms with E-state index in [4.69, 9.17) is 31.8 Å². The number of nitriles is 1. The molecule has 17 heteroatoms. The molecule has 1 atom stereocenters. The Morgan fingerprint density at radius 2 is 2.10 bits per heavy atom. The molecule has 0 bridgehead atoms. The van der Waals surface area contributed by atoms with Crippen LogP contribution in [0.25, 0.3) is 32.1 Å². The third-order valence-corrected chi connectivity index (χ3v) is 10.8. The Labute approximate surface area is 287 Å². The van der Waals surface area contributed by atoms with Gasteiger partial charge >= 0.3 is 12.0 Å². The molecule has 0 saturated carbocycles. The van der Waals surface area contributed by atoms with E-state index in [2.05, 4.69) is 20.0 Å². The third-order valence-electron chi connectivity index (χ3n) is 9.51. The number of amides is 1. The maximum atomic E-state index is 17.0. The zero-order valence-electron chi connectivity index (χ0n) is 26.2. The minimum atomic E-state index is -0.772. The van der Waals surface area contributed by atoms with Crippen LogP contribution in [0.15, 0.2) is 30.9 Å². The lowest BCUT2D eigenvalue weighted by atomic mass is 9.92. The van der Waals surface area contributed by atoms with E-state index in [0.717, 1.165) is 35.4 Å². The van der Waals surface area contributed by atoms with E-state index in [-0.39, 0.29) is 60.4 Å². The molecule has 3 aliphatic rings. The van der Waals surface area contributed by atoms with Gasteiger partial charge in [-0.1, -0.05) is 17.7 Å². The Kier molecular flexibility index (Phi) is 7.74. The number of likely N-dealkylation sites (tertiary alicyclic amines) is 2. The van der Waals surface area contributed by atoms with Crippen molar-refractivity contribution in [2.24, 2.45) is 0 Å². The first-order chi connectivity index (χ1) is 23.7. The van der Waals surface area contributed by atoms with Gasteiger partial charge in [0, 0.05) is 28.9 Å². The number of nitrogens with two attached hydrogens (primary N) is 1. The predicted molar refractivity (Wildman–Crippen MR) is 179 cm³/mol. The molecule has 3 aromatic heterocycles. The molecule has 8 rings (SSSR count). The number of likely N-dealkylation sites (N-methyl/N-ethyl adjacent to an activating group) is 1. The maximum Gasteiger partial charge on any atom is 0.346 e. The first-order valence-corrected chi connectivity index (χ1v) is 16.8. The van der Waals surface area contributed by atoms with Crippen molar-refractivity contribution in [1.29, 1.82) is 5.26 Å². The predicted octanol–water partition coefficient (Wildman–Crippen LogP) is 4.52. The summed E-state index contributed by atoms with van der Waals surface area (Å²) in [5.74, 6) is -0.949. The van der Waals surface area contributed by atoms with E-state index in [0.29, 0.717) is 50.6 Å². The van der Waals surface area contributed by atoms with Crippen molar-refractivity contribution >= 4 is 60.8 Å². The van der Waals surface area contributed by atoms with Crippen LogP contribution in [0.5, 0.6) is 6.01 Å². The molecule has 2 N–H and O–H groups in total. The van der Waals surface area contributed by atoms with E-state index in [1.54, 1.807) is 11.0 Å². The highest BCUT2D eigenvalue weighted by Gasteiger charge is 2.50. The topological polar surface area (TPSA) is 152 Å². The van der Waals surface area contributed by atoms with Crippen LogP contribution in [-0.4, -0.2) is 105 Å². The average molecular weight is 707 g/mol. The van der Waals surface area contributed by atoms with Crippen molar-refractivity contribution in [1.82, 2.24) is 34.5 Å². The molecule has 0 unspecified atom stereocenters. The van der Waals surface area contributed by atoms with E-state index in [1.807, 2.05) is 18.0 Å². The third kappa shape index (κ3) is 5.28. The van der Waals surface area contributed by atoms with Crippen LogP contribution in [0.4, 0.5) is 24.4 Å². The molecule has 0 aliphatic carbocycles. The van der Waals surface area contributed by atoms with Crippen LogP contribution in [0.2, 0.25) is 5.02 Å². The van der Waals surface area contributed by atoms with Gasteiger partial charge < -0.3 is 29.9 Å². The molecule has 6 heterocycles. The van der Waals surface area contributed by atoms with Crippen LogP contribution < -0.4 is 15.4 Å². The first-order valence-electron chi connectivity index (χ1n) is 15.6. The normalized spacial score (nSPS) is 19.1. The van der Waals surface area contributed by atoms with Gasteiger partial charge in [-0.3, -0.25) is 0 Å². The highest BCUT2D eigenvalue weighted by Crippen LogP contribution is 2.46. The largest absolute Gasteiger partial charge is 0.462 e. The fourth-order valence-corrected chi connectivity index (χ4v) is 8.28. The minimum absolute atomic E-state index is 0.00569. The zero-order chi connectivity index (χ0) is 34.0. The molecule has 2 aromatic carbocycles. The lowest BCUT2D eigenvalue weighted by Crippen LogP contribution is -2.71. The summed E-state index contributed by atoms with van der Waals surface area (Å²) in [5, 5.41) is 14.5. The number of hydrogen-bond donors (Lipinski definition) is 1. The second-order valence-electron chi connectivity index (χ2n) is 12.5. The monoisotopic (exact) mass is 706 g/mol. The summed E-state index contributed by atoms with van der Waals surface area (Å²) in [5.41, 5.74) is 5.56. The number of aromatic nitrogens is 5. The van der Waals surface area contributed by atoms with E-state index >= 15 is 4.39 Å². The molecule has 5 aromatic rings. The number of nitrogen functional groups attached to an aromatic ring is 1. The Hall–Kier alpha value is -4.69. The van der Waals surface area contributed by atoms with Crippen LogP contribution in [-0.2, 0) is 4.74 Å². The quantitative estimate of drug-likeness (QED) is 0.275. The molecular weight excluding hydrogens is 678 g/mol. The zero-order valence-corrected chi connectivity index (χ0v) is 27.8. The Balaban J connectivity index is 1.21. The highest BCUT2D eigenvalue weighted by molar-refractivity contribution is 7.23. The van der Waals surface area contributed by atoms with Gasteiger partial charge in [0.25, 0.3) is 0 Å². The number of hydrogen-bond acceptors (Lipinski definition) is 12. The summed E-state index contributed by atoms with van der Waals surface area (Å²) in [6, 6.07) is 6.05. The number of ether oxygens (including phenoxy) is 2. The van der Waals surface area contributed by atoms with Crippen molar-refractivity contribution in [3.63, 3.8) is 0 Å². The van der Waals surface area contributed by atoms with Crippen LogP contribution in [0.1, 0.15) is 18.4 Å². The lowest BCUT2D eigenvalue weighted by molar-refractivity contribution is -0.133. The van der Waals surface area contributed by atoms with Gasteiger partial charge in [-0.2, -0.15) is 25.0 Å². The molecule has 252 valence electrons. The van der Waals surface area contributed by atoms with Gasteiger partial charge in [-0.05, 0) is 44.1 Å². The maximum absolute atomic E-state index is 17.0. The summed E-state index contributed by atoms with van der Waals surface area (Å²) in [4.78, 5) is 31.8. The van der Waals surface area contributed by atoms with Gasteiger partial charge in [0.2, 0.25) is 0 Å². The van der Waals surface area contributed by atoms with Crippen LogP contribution in [0, 0.1) is 23.0 Å². The Morgan fingerprint density at radius 3 is 2.84 bits per heavy atom. The summed E-state index contributed by atoms with van der Waals surface area (Å²) in [6.45, 7) is 3.00. The lowest BCUT2D eigenvalue weighted by Gasteiger charge is -2.53. The minimum Gasteiger partial charge on any atom is -0.462 e. The fourth-order valence-electron chi connectivity index (χ4n) is 7.04. The molecular formula is C32H29ClF2N10O3S. The van der Waals surface area contributed by atoms with Gasteiger partial charge in [0.05, 0.1) is 41.5 Å². The Bertz CT molecular complexity index is 2170. The Morgan fingerprint density at radius 1 is 1.27 bits per heavy atom. The van der Waals surface area contributed by atoms with Crippen LogP contribution >= 0.6 is 22.9 Å². The fraction of sp³-hybridized carbons (Fsp3) is 0.375. The highest BCUT2D eigenvalue weighted by atomic mass is 35.5. The van der Waals surface area contributed by atoms with Crippen molar-refractivity contribution < 1.29 is 23.0 Å². The number of thiophene rings is 1. The molecule has 13 nitrogen and oxygen atoms in total. The van der Waals surface area contributed by atoms with Crippen molar-refractivity contribution in [3.8, 4) is 23.2 Å². The summed E-state index contributed by atoms with van der Waals surface area (Å²) in [7, 11) is 2.03. The summed E-state index contributed by atoms with van der Waals surface area (Å²) in [6.07, 6.45) is 4.63. The molecule has 1 spiro atoms. The number of anilines is 2. The molecule has 0 radical (unpaired) electrons. The standard InChI is InChI=1S/C32H29ClF2N10O3S/c1-42-6-2-3-17(42)11-47-30-40-26-19(9-21(33)24(25(26)35)18-4-5-22(34)27-23(18)20(10-36)28(37)49-27)29(41-30)43-7-8-48-32(12-43)13-44(14-32)31(46)45-16-38-15-39-45/h4-5,9,15-17H,2-3,6-8,11-14,37H2,1H3/t17-/m0/s1. The number of carbonyl (C=O) groups excluding carboxylic acids is 1. The van der Waals surface area contributed by atoms with Crippen molar-refractivity contribution in [3.05, 3.63) is 53.1 Å². The molecule has 3 aliphatic heterocycles. The number of benzene rings is 2. The second kappa shape index (κ2) is 12.0. The average Bonchev–Trinajstić information content (AvgIpc) is 3.84. The summed E-state index contributed by atoms with van der Waals surface area (Å²) < 4.78 is 45.5. The van der Waals surface area contributed by atoms with Crippen molar-refractivity contribution in [2.75, 3.05) is 63.6 Å². The molecule has 1 amide bonds. The molecule has 3 saturated heterocycles. The van der Waals surface area contributed by atoms with E-state index in [1.165, 1.54) is 24.8 Å². The number of fused-ring (bicyclic) bond motifs is 2. The molecule has 49 heavy (non-hydrogen) atoms. The SMILES string of the molecule is CN1CCC[C@H]1COc1nc(N2CCOC3(CN(C(=O)n4cncn4)C3)C2)c2cc(Cl)c(-c3ccc(F)c4sc(N)c(C#N)c34)c(F)c2n1. The smallest absolute Gasteiger partial charge is 0.346 e.